The summed E-state index contributed by atoms with van der Waals surface area (Å²) >= 11 is 0. The molecule has 0 saturated heterocycles. The highest BCUT2D eigenvalue weighted by Gasteiger charge is 2.17. The molecule has 1 unspecified atom stereocenters. The fourth-order valence-corrected chi connectivity index (χ4v) is 1.75. The zero-order chi connectivity index (χ0) is 15.1. The normalized spacial score (nSPS) is 11.8. The first-order valence-electron chi connectivity index (χ1n) is 6.42. The number of carboxylic acids is 1. The van der Waals surface area contributed by atoms with Crippen LogP contribution in [0.4, 0.5) is 10.5 Å². The summed E-state index contributed by atoms with van der Waals surface area (Å²) < 4.78 is 5.31. The van der Waals surface area contributed by atoms with Crippen LogP contribution in [0.1, 0.15) is 24.2 Å². The molecule has 1 aromatic rings. The van der Waals surface area contributed by atoms with E-state index in [1.165, 1.54) is 18.0 Å². The molecule has 0 aliphatic carbocycles. The highest BCUT2D eigenvalue weighted by atomic mass is 16.5. The van der Waals surface area contributed by atoms with Crippen molar-refractivity contribution in [3.63, 3.8) is 0 Å². The second-order valence-electron chi connectivity index (χ2n) is 4.33. The Bertz CT molecular complexity index is 476. The summed E-state index contributed by atoms with van der Waals surface area (Å²) in [7, 11) is 1.53. The average molecular weight is 280 g/mol. The van der Waals surface area contributed by atoms with E-state index >= 15 is 0 Å². The van der Waals surface area contributed by atoms with E-state index in [9.17, 15) is 9.59 Å². The van der Waals surface area contributed by atoms with Gasteiger partial charge in [0.05, 0.1) is 17.4 Å². The Morgan fingerprint density at radius 1 is 1.40 bits per heavy atom. The lowest BCUT2D eigenvalue weighted by atomic mass is 10.1. The van der Waals surface area contributed by atoms with E-state index in [0.717, 1.165) is 0 Å². The number of carboxylic acid groups (broad SMARTS) is 1. The van der Waals surface area contributed by atoms with Crippen LogP contribution < -0.4 is 10.2 Å². The third-order valence-electron chi connectivity index (χ3n) is 2.79. The third kappa shape index (κ3) is 4.24. The standard InChI is InChI=1S/C14H20N2O4/c1-4-20-10(2)9-15-14(19)16(3)12-8-6-5-7-11(12)13(17)18/h5-8,10H,4,9H2,1-3H3,(H,15,19)(H,17,18). The molecule has 6 heteroatoms. The average Bonchev–Trinajstić information content (AvgIpc) is 2.44. The molecule has 110 valence electrons. The van der Waals surface area contributed by atoms with Crippen molar-refractivity contribution in [2.45, 2.75) is 20.0 Å². The van der Waals surface area contributed by atoms with Gasteiger partial charge in [-0.15, -0.1) is 0 Å². The second kappa shape index (κ2) is 7.49. The van der Waals surface area contributed by atoms with Crippen LogP contribution in [0.2, 0.25) is 0 Å². The molecule has 2 amide bonds. The van der Waals surface area contributed by atoms with Crippen molar-refractivity contribution in [3.8, 4) is 0 Å². The molecule has 1 rings (SSSR count). The van der Waals surface area contributed by atoms with Gasteiger partial charge in [-0.25, -0.2) is 9.59 Å². The quantitative estimate of drug-likeness (QED) is 0.835. The number of urea groups is 1. The second-order valence-corrected chi connectivity index (χ2v) is 4.33. The number of anilines is 1. The Hall–Kier alpha value is -2.08. The molecular formula is C14H20N2O4. The maximum atomic E-state index is 12.0. The molecule has 0 bridgehead atoms. The van der Waals surface area contributed by atoms with E-state index in [4.69, 9.17) is 9.84 Å². The number of rotatable bonds is 6. The fourth-order valence-electron chi connectivity index (χ4n) is 1.75. The summed E-state index contributed by atoms with van der Waals surface area (Å²) in [5.41, 5.74) is 0.435. The van der Waals surface area contributed by atoms with E-state index in [1.54, 1.807) is 18.2 Å². The van der Waals surface area contributed by atoms with Gasteiger partial charge in [-0.3, -0.25) is 4.90 Å². The lowest BCUT2D eigenvalue weighted by Gasteiger charge is -2.21. The van der Waals surface area contributed by atoms with Gasteiger partial charge in [0.1, 0.15) is 0 Å². The molecule has 1 aromatic carbocycles. The van der Waals surface area contributed by atoms with E-state index in [-0.39, 0.29) is 17.7 Å². The van der Waals surface area contributed by atoms with Crippen molar-refractivity contribution < 1.29 is 19.4 Å². The molecule has 0 radical (unpaired) electrons. The first-order chi connectivity index (χ1) is 9.47. The van der Waals surface area contributed by atoms with Crippen molar-refractivity contribution in [3.05, 3.63) is 29.8 Å². The first kappa shape index (κ1) is 16.0. The Labute approximate surface area is 118 Å². The maximum absolute atomic E-state index is 12.0. The number of nitrogens with one attached hydrogen (secondary N) is 1. The number of hydrogen-bond donors (Lipinski definition) is 2. The molecule has 1 atom stereocenters. The molecule has 6 nitrogen and oxygen atoms in total. The SMILES string of the molecule is CCOC(C)CNC(=O)N(C)c1ccccc1C(=O)O. The van der Waals surface area contributed by atoms with Crippen molar-refractivity contribution in [2.75, 3.05) is 25.1 Å². The molecular weight excluding hydrogens is 260 g/mol. The fraction of sp³-hybridized carbons (Fsp3) is 0.429. The highest BCUT2D eigenvalue weighted by Crippen LogP contribution is 2.19. The van der Waals surface area contributed by atoms with Crippen LogP contribution in [0.3, 0.4) is 0 Å². The Kier molecular flexibility index (Phi) is 5.99. The lowest BCUT2D eigenvalue weighted by Crippen LogP contribution is -2.41. The number of amides is 2. The molecule has 0 aromatic heterocycles. The van der Waals surface area contributed by atoms with Crippen LogP contribution in [-0.2, 0) is 4.74 Å². The summed E-state index contributed by atoms with van der Waals surface area (Å²) in [6, 6.07) is 5.99. The van der Waals surface area contributed by atoms with Crippen molar-refractivity contribution in [1.29, 1.82) is 0 Å². The molecule has 0 saturated carbocycles. The summed E-state index contributed by atoms with van der Waals surface area (Å²) in [4.78, 5) is 24.4. The van der Waals surface area contributed by atoms with E-state index in [0.29, 0.717) is 18.8 Å². The van der Waals surface area contributed by atoms with Gasteiger partial charge in [0.2, 0.25) is 0 Å². The predicted molar refractivity (Wildman–Crippen MR) is 76.3 cm³/mol. The zero-order valence-corrected chi connectivity index (χ0v) is 11.9. The van der Waals surface area contributed by atoms with Gasteiger partial charge in [0, 0.05) is 20.2 Å². The van der Waals surface area contributed by atoms with Crippen molar-refractivity contribution >= 4 is 17.7 Å². The Morgan fingerprint density at radius 2 is 2.05 bits per heavy atom. The summed E-state index contributed by atoms with van der Waals surface area (Å²) in [6.45, 7) is 4.68. The van der Waals surface area contributed by atoms with Gasteiger partial charge < -0.3 is 15.2 Å². The molecule has 2 N–H and O–H groups in total. The van der Waals surface area contributed by atoms with Gasteiger partial charge in [-0.1, -0.05) is 12.1 Å². The van der Waals surface area contributed by atoms with Crippen LogP contribution in [0.25, 0.3) is 0 Å². The minimum atomic E-state index is -1.07. The minimum absolute atomic E-state index is 0.0861. The third-order valence-corrected chi connectivity index (χ3v) is 2.79. The summed E-state index contributed by atoms with van der Waals surface area (Å²) in [5, 5.41) is 11.8. The highest BCUT2D eigenvalue weighted by molar-refractivity contribution is 6.01. The smallest absolute Gasteiger partial charge is 0.337 e. The van der Waals surface area contributed by atoms with E-state index in [1.807, 2.05) is 13.8 Å². The number of para-hydroxylation sites is 1. The predicted octanol–water partition coefficient (Wildman–Crippen LogP) is 1.96. The molecule has 0 heterocycles. The molecule has 20 heavy (non-hydrogen) atoms. The van der Waals surface area contributed by atoms with Gasteiger partial charge in [0.25, 0.3) is 0 Å². The van der Waals surface area contributed by atoms with Crippen LogP contribution in [0.5, 0.6) is 0 Å². The van der Waals surface area contributed by atoms with E-state index in [2.05, 4.69) is 5.32 Å². The van der Waals surface area contributed by atoms with Crippen molar-refractivity contribution in [1.82, 2.24) is 5.32 Å². The summed E-state index contributed by atoms with van der Waals surface area (Å²) in [5.74, 6) is -1.07. The number of aromatic carboxylic acids is 1. The number of benzene rings is 1. The number of carbonyl (C=O) groups is 2. The van der Waals surface area contributed by atoms with Crippen LogP contribution in [0, 0.1) is 0 Å². The zero-order valence-electron chi connectivity index (χ0n) is 11.9. The number of nitrogens with zero attached hydrogens (tertiary/aromatic N) is 1. The molecule has 0 spiro atoms. The first-order valence-corrected chi connectivity index (χ1v) is 6.42. The van der Waals surface area contributed by atoms with Crippen LogP contribution in [-0.4, -0.2) is 43.4 Å². The minimum Gasteiger partial charge on any atom is -0.478 e. The largest absolute Gasteiger partial charge is 0.478 e. The number of hydrogen-bond acceptors (Lipinski definition) is 3. The molecule has 0 fully saturated rings. The van der Waals surface area contributed by atoms with Gasteiger partial charge >= 0.3 is 12.0 Å². The number of carbonyl (C=O) groups excluding carboxylic acids is 1. The molecule has 0 aliphatic heterocycles. The lowest BCUT2D eigenvalue weighted by molar-refractivity contribution is 0.0697. The maximum Gasteiger partial charge on any atom is 0.337 e. The Morgan fingerprint density at radius 3 is 2.65 bits per heavy atom. The molecule has 0 aliphatic rings. The van der Waals surface area contributed by atoms with Crippen LogP contribution >= 0.6 is 0 Å². The monoisotopic (exact) mass is 280 g/mol. The Balaban J connectivity index is 2.72. The van der Waals surface area contributed by atoms with Gasteiger partial charge in [-0.05, 0) is 26.0 Å². The number of ether oxygens (including phenoxy) is 1. The van der Waals surface area contributed by atoms with Crippen LogP contribution in [0.15, 0.2) is 24.3 Å². The topological polar surface area (TPSA) is 78.9 Å². The van der Waals surface area contributed by atoms with E-state index < -0.39 is 5.97 Å². The summed E-state index contributed by atoms with van der Waals surface area (Å²) in [6.07, 6.45) is -0.0907. The van der Waals surface area contributed by atoms with Crippen molar-refractivity contribution in [2.24, 2.45) is 0 Å². The van der Waals surface area contributed by atoms with Gasteiger partial charge in [-0.2, -0.15) is 0 Å². The van der Waals surface area contributed by atoms with Gasteiger partial charge in [0.15, 0.2) is 0 Å².